The molecule has 6 rings (SSSR count). The number of carbonyl (C=O) groups is 2. The normalized spacial score (nSPS) is 14.9. The van der Waals surface area contributed by atoms with Crippen molar-refractivity contribution in [1.82, 2.24) is 20.9 Å². The summed E-state index contributed by atoms with van der Waals surface area (Å²) in [6.45, 7) is 5.14. The van der Waals surface area contributed by atoms with Crippen LogP contribution in [0.1, 0.15) is 33.1 Å². The average Bonchev–Trinajstić information content (AvgIpc) is 3.87. The second-order valence-corrected chi connectivity index (χ2v) is 14.4. The van der Waals surface area contributed by atoms with Crippen LogP contribution in [0.3, 0.4) is 0 Å². The molecule has 0 atom stereocenters. The minimum atomic E-state index is -0.485. The molecule has 2 aliphatic heterocycles. The smallest absolute Gasteiger partial charge is 0.319 e. The Kier molecular flexibility index (Phi) is 15.1. The van der Waals surface area contributed by atoms with Crippen LogP contribution in [0.4, 0.5) is 32.3 Å². The maximum atomic E-state index is 12.2. The number of hydrogen-bond donors (Lipinski definition) is 5. The van der Waals surface area contributed by atoms with Crippen molar-refractivity contribution in [1.29, 1.82) is 0 Å². The molecule has 16 heteroatoms. The number of hydrogen-bond acceptors (Lipinski definition) is 10. The maximum absolute atomic E-state index is 12.2. The lowest BCUT2D eigenvalue weighted by molar-refractivity contribution is -0.384. The molecule has 2 fully saturated rings. The van der Waals surface area contributed by atoms with Gasteiger partial charge in [0.2, 0.25) is 0 Å². The van der Waals surface area contributed by atoms with Gasteiger partial charge in [0.25, 0.3) is 11.4 Å². The number of anilines is 2. The minimum absolute atomic E-state index is 0. The number of thiophene rings is 2. The molecule has 4 aromatic rings. The summed E-state index contributed by atoms with van der Waals surface area (Å²) in [6, 6.07) is 16.5. The van der Waals surface area contributed by atoms with Crippen LogP contribution in [0, 0.1) is 32.1 Å². The predicted molar refractivity (Wildman–Crippen MR) is 209 cm³/mol. The molecule has 14 nitrogen and oxygen atoms in total. The van der Waals surface area contributed by atoms with Crippen molar-refractivity contribution in [2.45, 2.75) is 33.1 Å². The van der Waals surface area contributed by atoms with E-state index in [2.05, 4.69) is 38.5 Å². The van der Waals surface area contributed by atoms with E-state index in [0.717, 1.165) is 72.7 Å². The summed E-state index contributed by atoms with van der Waals surface area (Å²) >= 11 is 3.09. The molecule has 52 heavy (non-hydrogen) atoms. The van der Waals surface area contributed by atoms with E-state index in [4.69, 9.17) is 0 Å². The lowest BCUT2D eigenvalue weighted by atomic mass is 9.97. The van der Waals surface area contributed by atoms with Crippen molar-refractivity contribution >= 4 is 57.5 Å². The van der Waals surface area contributed by atoms with Crippen LogP contribution in [0.15, 0.2) is 71.4 Å². The van der Waals surface area contributed by atoms with E-state index >= 15 is 0 Å². The number of carbonyl (C=O) groups excluding carboxylic acids is 2. The topological polar surface area (TPSA) is 184 Å². The molecular weight excluding hydrogens is 705 g/mol. The highest BCUT2D eigenvalue weighted by atomic mass is 32.1. The number of nitro groups is 2. The lowest BCUT2D eigenvalue weighted by Gasteiger charge is -2.28. The fourth-order valence-electron chi connectivity index (χ4n) is 5.94. The number of urea groups is 2. The van der Waals surface area contributed by atoms with Gasteiger partial charge in [0, 0.05) is 35.0 Å². The SMILES string of the molecule is C.CN1CCC(CNC(=O)Nc2cc(-c3cccs3)ccc2[N+](=O)[O-])CC1.O=C(NCC1CCNCC1)Nc1cc(-c2cccs2)ccc1[N+](=O)[O-]. The van der Waals surface area contributed by atoms with Gasteiger partial charge in [0.05, 0.1) is 9.85 Å². The van der Waals surface area contributed by atoms with Gasteiger partial charge in [-0.25, -0.2) is 9.59 Å². The zero-order chi connectivity index (χ0) is 36.2. The van der Waals surface area contributed by atoms with Crippen LogP contribution in [0.25, 0.3) is 20.9 Å². The monoisotopic (exact) mass is 750 g/mol. The molecule has 4 amide bonds. The molecule has 0 aliphatic carbocycles. The number of amides is 4. The second kappa shape index (κ2) is 19.6. The van der Waals surface area contributed by atoms with Crippen LogP contribution < -0.4 is 26.6 Å². The fourth-order valence-corrected chi connectivity index (χ4v) is 7.39. The Morgan fingerprint density at radius 1 is 0.750 bits per heavy atom. The van der Waals surface area contributed by atoms with Gasteiger partial charge < -0.3 is 31.5 Å². The standard InChI is InChI=1S/C18H22N4O3S.C17H20N4O3S.CH4/c1-21-8-6-13(7-9-21)12-19-18(23)20-15-11-14(17-3-2-10-26-17)4-5-16(15)22(24)25;22-17(19-11-12-5-7-18-8-6-12)20-14-10-13(16-2-1-9-25-16)3-4-15(14)21(23)24;/h2-5,10-11,13H,6-9,12H2,1H3,(H2,19,20,23);1-4,9-10,12,18H,5-8,11H2,(H2,19,20,22);1H4. The summed E-state index contributed by atoms with van der Waals surface area (Å²) in [6.07, 6.45) is 4.14. The number of piperidine rings is 2. The number of rotatable bonds is 10. The Labute approximate surface area is 311 Å². The van der Waals surface area contributed by atoms with Gasteiger partial charge in [-0.3, -0.25) is 20.2 Å². The maximum Gasteiger partial charge on any atom is 0.319 e. The third-order valence-corrected chi connectivity index (χ3v) is 10.7. The summed E-state index contributed by atoms with van der Waals surface area (Å²) in [5, 5.41) is 40.6. The summed E-state index contributed by atoms with van der Waals surface area (Å²) in [5.74, 6) is 0.892. The van der Waals surface area contributed by atoms with E-state index in [1.54, 1.807) is 46.9 Å². The summed E-state index contributed by atoms with van der Waals surface area (Å²) in [5.41, 5.74) is 1.88. The van der Waals surface area contributed by atoms with Gasteiger partial charge in [-0.15, -0.1) is 22.7 Å². The zero-order valence-corrected chi connectivity index (χ0v) is 29.9. The number of nitrogens with one attached hydrogen (secondary N) is 5. The van der Waals surface area contributed by atoms with Gasteiger partial charge in [0.15, 0.2) is 0 Å². The summed E-state index contributed by atoms with van der Waals surface area (Å²) in [4.78, 5) is 50.2. The largest absolute Gasteiger partial charge is 0.338 e. The van der Waals surface area contributed by atoms with E-state index in [9.17, 15) is 29.8 Å². The number of nitro benzene ring substituents is 2. The van der Waals surface area contributed by atoms with Crippen molar-refractivity contribution in [2.24, 2.45) is 11.8 Å². The van der Waals surface area contributed by atoms with E-state index in [-0.39, 0.29) is 30.2 Å². The van der Waals surface area contributed by atoms with Crippen LogP contribution in [-0.2, 0) is 0 Å². The highest BCUT2D eigenvalue weighted by Crippen LogP contribution is 2.34. The van der Waals surface area contributed by atoms with Crippen LogP contribution in [0.2, 0.25) is 0 Å². The van der Waals surface area contributed by atoms with Crippen LogP contribution in [0.5, 0.6) is 0 Å². The van der Waals surface area contributed by atoms with Gasteiger partial charge >= 0.3 is 12.1 Å². The molecule has 0 unspecified atom stereocenters. The van der Waals surface area contributed by atoms with Crippen molar-refractivity contribution in [3.05, 3.63) is 91.7 Å². The zero-order valence-electron chi connectivity index (χ0n) is 28.3. The molecule has 5 N–H and O–H groups in total. The molecule has 2 aromatic heterocycles. The third-order valence-electron chi connectivity index (χ3n) is 8.89. The highest BCUT2D eigenvalue weighted by molar-refractivity contribution is 7.13. The summed E-state index contributed by atoms with van der Waals surface area (Å²) < 4.78 is 0. The van der Waals surface area contributed by atoms with Gasteiger partial charge in [-0.1, -0.05) is 19.6 Å². The number of likely N-dealkylation sites (tertiary alicyclic amines) is 1. The van der Waals surface area contributed by atoms with E-state index < -0.39 is 21.9 Å². The molecule has 278 valence electrons. The molecule has 2 aliphatic rings. The average molecular weight is 751 g/mol. The van der Waals surface area contributed by atoms with Crippen LogP contribution >= 0.6 is 22.7 Å². The molecule has 0 saturated carbocycles. The first-order valence-electron chi connectivity index (χ1n) is 16.8. The summed E-state index contributed by atoms with van der Waals surface area (Å²) in [7, 11) is 2.09. The Morgan fingerprint density at radius 2 is 1.19 bits per heavy atom. The van der Waals surface area contributed by atoms with Gasteiger partial charge in [-0.05, 0) is 129 Å². The Balaban J connectivity index is 0.000000228. The first-order valence-corrected chi connectivity index (χ1v) is 18.6. The lowest BCUT2D eigenvalue weighted by Crippen LogP contribution is -2.38. The third kappa shape index (κ3) is 11.6. The highest BCUT2D eigenvalue weighted by Gasteiger charge is 2.21. The van der Waals surface area contributed by atoms with Gasteiger partial charge in [-0.2, -0.15) is 0 Å². The number of nitrogens with zero attached hydrogens (tertiary/aromatic N) is 3. The van der Waals surface area contributed by atoms with E-state index in [0.29, 0.717) is 24.9 Å². The molecule has 4 heterocycles. The molecule has 2 saturated heterocycles. The van der Waals surface area contributed by atoms with E-state index in [1.165, 1.54) is 12.1 Å². The molecule has 2 aromatic carbocycles. The Hall–Kier alpha value is -4.90. The molecule has 0 radical (unpaired) electrons. The van der Waals surface area contributed by atoms with E-state index in [1.807, 2.05) is 35.0 Å². The Morgan fingerprint density at radius 3 is 1.60 bits per heavy atom. The van der Waals surface area contributed by atoms with Crippen LogP contribution in [-0.4, -0.2) is 73.1 Å². The van der Waals surface area contributed by atoms with Gasteiger partial charge in [0.1, 0.15) is 11.4 Å². The first kappa shape index (κ1) is 39.9. The van der Waals surface area contributed by atoms with Crippen molar-refractivity contribution in [3.63, 3.8) is 0 Å². The molecular formula is C36H46N8O6S2. The minimum Gasteiger partial charge on any atom is -0.338 e. The fraction of sp³-hybridized carbons (Fsp3) is 0.389. The Bertz CT molecular complexity index is 1770. The van der Waals surface area contributed by atoms with Crippen molar-refractivity contribution in [3.8, 4) is 20.9 Å². The molecule has 0 bridgehead atoms. The second-order valence-electron chi connectivity index (χ2n) is 12.5. The predicted octanol–water partition coefficient (Wildman–Crippen LogP) is 7.87. The molecule has 0 spiro atoms. The first-order chi connectivity index (χ1) is 24.7. The van der Waals surface area contributed by atoms with Crippen molar-refractivity contribution in [2.75, 3.05) is 56.9 Å². The number of benzene rings is 2. The quantitative estimate of drug-likeness (QED) is 0.0801. The van der Waals surface area contributed by atoms with Crippen molar-refractivity contribution < 1.29 is 19.4 Å².